The molecule has 1 atom stereocenters. The average Bonchev–Trinajstić information content (AvgIpc) is 2.24. The van der Waals surface area contributed by atoms with Gasteiger partial charge in [0.1, 0.15) is 16.5 Å². The normalized spacial score (nSPS) is 12.3. The molecule has 0 aliphatic rings. The van der Waals surface area contributed by atoms with Crippen LogP contribution in [0.4, 0.5) is 8.78 Å². The predicted octanol–water partition coefficient (Wildman–Crippen LogP) is 3.21. The van der Waals surface area contributed by atoms with Gasteiger partial charge in [0.2, 0.25) is 0 Å². The number of alkyl halides is 1. The Hall–Kier alpha value is -0.490. The Labute approximate surface area is 108 Å². The van der Waals surface area contributed by atoms with Crippen LogP contribution >= 0.6 is 31.9 Å². The highest BCUT2D eigenvalue weighted by Gasteiger charge is 2.19. The van der Waals surface area contributed by atoms with E-state index in [-0.39, 0.29) is 16.5 Å². The maximum atomic E-state index is 13.4. The predicted molar refractivity (Wildman–Crippen MR) is 62.5 cm³/mol. The van der Waals surface area contributed by atoms with Crippen LogP contribution in [-0.2, 0) is 16.0 Å². The highest BCUT2D eigenvalue weighted by Crippen LogP contribution is 2.22. The summed E-state index contributed by atoms with van der Waals surface area (Å²) in [4.78, 5) is 10.4. The summed E-state index contributed by atoms with van der Waals surface area (Å²) in [7, 11) is 1.23. The number of carbonyl (C=O) groups is 1. The maximum absolute atomic E-state index is 13.4. The molecule has 0 bridgehead atoms. The van der Waals surface area contributed by atoms with Gasteiger partial charge in [-0.2, -0.15) is 0 Å². The van der Waals surface area contributed by atoms with Crippen molar-refractivity contribution in [2.45, 2.75) is 11.2 Å². The van der Waals surface area contributed by atoms with Crippen LogP contribution in [0.3, 0.4) is 0 Å². The minimum atomic E-state index is -0.687. The molecule has 0 aliphatic heterocycles. The van der Waals surface area contributed by atoms with E-state index in [4.69, 9.17) is 0 Å². The van der Waals surface area contributed by atoms with Crippen LogP contribution < -0.4 is 0 Å². The van der Waals surface area contributed by atoms with Crippen molar-refractivity contribution in [3.63, 3.8) is 0 Å². The van der Waals surface area contributed by atoms with Crippen molar-refractivity contribution in [3.8, 4) is 0 Å². The Morgan fingerprint density at radius 1 is 1.44 bits per heavy atom. The van der Waals surface area contributed by atoms with Crippen LogP contribution in [-0.4, -0.2) is 17.9 Å². The number of methoxy groups -OCH3 is 1. The first-order valence-corrected chi connectivity index (χ1v) is 6.02. The molecule has 2 nitrogen and oxygen atoms in total. The molecular formula is C10H8Br2F2O2. The van der Waals surface area contributed by atoms with E-state index in [1.54, 1.807) is 0 Å². The third-order valence-electron chi connectivity index (χ3n) is 1.95. The first kappa shape index (κ1) is 13.6. The quantitative estimate of drug-likeness (QED) is 0.471. The lowest BCUT2D eigenvalue weighted by atomic mass is 10.1. The van der Waals surface area contributed by atoms with Crippen molar-refractivity contribution in [2.24, 2.45) is 0 Å². The lowest BCUT2D eigenvalue weighted by molar-refractivity contribution is -0.139. The fraction of sp³-hybridized carbons (Fsp3) is 0.300. The van der Waals surface area contributed by atoms with Gasteiger partial charge in [0, 0.05) is 0 Å². The number of carbonyl (C=O) groups excluding carboxylic acids is 1. The Bertz CT molecular complexity index is 410. The van der Waals surface area contributed by atoms with Gasteiger partial charge >= 0.3 is 5.97 Å². The maximum Gasteiger partial charge on any atom is 0.319 e. The molecule has 1 rings (SSSR count). The van der Waals surface area contributed by atoms with Crippen molar-refractivity contribution >= 4 is 37.8 Å². The summed E-state index contributed by atoms with van der Waals surface area (Å²) in [6, 6.07) is 2.08. The number of hydrogen-bond acceptors (Lipinski definition) is 2. The van der Waals surface area contributed by atoms with Gasteiger partial charge in [0.05, 0.1) is 11.6 Å². The van der Waals surface area contributed by atoms with Gasteiger partial charge in [-0.1, -0.05) is 15.9 Å². The molecule has 0 amide bonds. The van der Waals surface area contributed by atoms with E-state index in [0.29, 0.717) is 0 Å². The average molecular weight is 358 g/mol. The van der Waals surface area contributed by atoms with Crippen LogP contribution in [0.5, 0.6) is 0 Å². The number of hydrogen-bond donors (Lipinski definition) is 0. The fourth-order valence-electron chi connectivity index (χ4n) is 1.12. The standard InChI is InChI=1S/C10H8Br2F2O2/c1-16-10(15)7(12)2-5-3-9(14)6(11)4-8(5)13/h3-4,7H,2H2,1H3. The highest BCUT2D eigenvalue weighted by atomic mass is 79.9. The zero-order chi connectivity index (χ0) is 12.3. The van der Waals surface area contributed by atoms with Crippen molar-refractivity contribution in [1.29, 1.82) is 0 Å². The molecule has 16 heavy (non-hydrogen) atoms. The second kappa shape index (κ2) is 5.72. The fourth-order valence-corrected chi connectivity index (χ4v) is 1.98. The molecule has 0 heterocycles. The van der Waals surface area contributed by atoms with Crippen molar-refractivity contribution in [2.75, 3.05) is 7.11 Å². The number of rotatable bonds is 3. The minimum Gasteiger partial charge on any atom is -0.468 e. The molecule has 0 N–H and O–H groups in total. The molecule has 1 unspecified atom stereocenters. The van der Waals surface area contributed by atoms with Crippen molar-refractivity contribution in [1.82, 2.24) is 0 Å². The van der Waals surface area contributed by atoms with Crippen LogP contribution in [0.2, 0.25) is 0 Å². The van der Waals surface area contributed by atoms with E-state index in [1.807, 2.05) is 0 Å². The van der Waals surface area contributed by atoms with Gasteiger partial charge in [-0.15, -0.1) is 0 Å². The van der Waals surface area contributed by atoms with Crippen LogP contribution in [0, 0.1) is 11.6 Å². The van der Waals surface area contributed by atoms with Gasteiger partial charge in [-0.25, -0.2) is 8.78 Å². The van der Waals surface area contributed by atoms with Crippen molar-refractivity contribution < 1.29 is 18.3 Å². The van der Waals surface area contributed by atoms with E-state index < -0.39 is 22.4 Å². The summed E-state index contributed by atoms with van der Waals surface area (Å²) in [6.07, 6.45) is 0.0305. The van der Waals surface area contributed by atoms with Gasteiger partial charge < -0.3 is 4.74 Å². The topological polar surface area (TPSA) is 26.3 Å². The summed E-state index contributed by atoms with van der Waals surface area (Å²) in [5.74, 6) is -1.66. The van der Waals surface area contributed by atoms with E-state index in [2.05, 4.69) is 36.6 Å². The van der Waals surface area contributed by atoms with E-state index >= 15 is 0 Å². The molecule has 0 aliphatic carbocycles. The van der Waals surface area contributed by atoms with E-state index in [0.717, 1.165) is 12.1 Å². The van der Waals surface area contributed by atoms with Crippen LogP contribution in [0.1, 0.15) is 5.56 Å². The summed E-state index contributed by atoms with van der Waals surface area (Å²) in [5.41, 5.74) is 0.118. The van der Waals surface area contributed by atoms with Crippen molar-refractivity contribution in [3.05, 3.63) is 33.8 Å². The van der Waals surface area contributed by atoms with Crippen LogP contribution in [0.25, 0.3) is 0 Å². The first-order chi connectivity index (χ1) is 7.45. The molecule has 0 aromatic heterocycles. The first-order valence-electron chi connectivity index (χ1n) is 4.31. The largest absolute Gasteiger partial charge is 0.468 e. The molecule has 1 aromatic carbocycles. The molecule has 0 saturated carbocycles. The molecule has 0 spiro atoms. The number of halogens is 4. The Balaban J connectivity index is 2.89. The van der Waals surface area contributed by atoms with Gasteiger partial charge in [0.15, 0.2) is 0 Å². The Morgan fingerprint density at radius 2 is 2.06 bits per heavy atom. The lowest BCUT2D eigenvalue weighted by Crippen LogP contribution is -2.18. The van der Waals surface area contributed by atoms with Crippen LogP contribution in [0.15, 0.2) is 16.6 Å². The minimum absolute atomic E-state index is 0.0305. The summed E-state index contributed by atoms with van der Waals surface area (Å²) < 4.78 is 31.1. The zero-order valence-corrected chi connectivity index (χ0v) is 11.4. The molecule has 88 valence electrons. The third-order valence-corrected chi connectivity index (χ3v) is 3.25. The molecule has 0 radical (unpaired) electrons. The van der Waals surface area contributed by atoms with Gasteiger partial charge in [-0.05, 0) is 40.0 Å². The van der Waals surface area contributed by atoms with E-state index in [1.165, 1.54) is 7.11 Å². The summed E-state index contributed by atoms with van der Waals surface area (Å²) >= 11 is 5.91. The van der Waals surface area contributed by atoms with E-state index in [9.17, 15) is 13.6 Å². The molecule has 0 fully saturated rings. The molecule has 0 saturated heterocycles. The highest BCUT2D eigenvalue weighted by molar-refractivity contribution is 9.10. The second-order valence-corrected chi connectivity index (χ2v) is 5.01. The van der Waals surface area contributed by atoms with Gasteiger partial charge in [-0.3, -0.25) is 4.79 Å². The molecular weight excluding hydrogens is 350 g/mol. The molecule has 6 heteroatoms. The number of esters is 1. The number of ether oxygens (including phenoxy) is 1. The van der Waals surface area contributed by atoms with Gasteiger partial charge in [0.25, 0.3) is 0 Å². The Morgan fingerprint density at radius 3 is 2.62 bits per heavy atom. The second-order valence-electron chi connectivity index (χ2n) is 3.05. The summed E-state index contributed by atoms with van der Waals surface area (Å²) in [6.45, 7) is 0. The number of benzene rings is 1. The SMILES string of the molecule is COC(=O)C(Br)Cc1cc(F)c(Br)cc1F. The monoisotopic (exact) mass is 356 g/mol. The smallest absolute Gasteiger partial charge is 0.319 e. The zero-order valence-electron chi connectivity index (χ0n) is 8.27. The Kier molecular flexibility index (Phi) is 4.86. The lowest BCUT2D eigenvalue weighted by Gasteiger charge is -2.09. The summed E-state index contributed by atoms with van der Waals surface area (Å²) in [5, 5.41) is 0. The molecule has 1 aromatic rings. The third kappa shape index (κ3) is 3.25.